The fourth-order valence-corrected chi connectivity index (χ4v) is 4.61. The van der Waals surface area contributed by atoms with Crippen molar-refractivity contribution in [3.63, 3.8) is 0 Å². The molecule has 5 rings (SSSR count). The van der Waals surface area contributed by atoms with Crippen molar-refractivity contribution < 1.29 is 4.74 Å². The van der Waals surface area contributed by atoms with Crippen LogP contribution in [-0.4, -0.2) is 27.1 Å². The molecule has 0 bridgehead atoms. The summed E-state index contributed by atoms with van der Waals surface area (Å²) >= 11 is 0. The monoisotopic (exact) mass is 420 g/mol. The van der Waals surface area contributed by atoms with Crippen molar-refractivity contribution in [1.82, 2.24) is 14.9 Å². The van der Waals surface area contributed by atoms with Gasteiger partial charge in [-0.15, -0.1) is 12.4 Å². The second-order valence-electron chi connectivity index (χ2n) is 7.90. The van der Waals surface area contributed by atoms with E-state index in [4.69, 9.17) is 9.73 Å². The second kappa shape index (κ2) is 8.07. The number of aliphatic imine (C=N–C) groups is 1. The summed E-state index contributed by atoms with van der Waals surface area (Å²) in [5, 5.41) is 0. The van der Waals surface area contributed by atoms with Gasteiger partial charge in [0.1, 0.15) is 11.5 Å². The lowest BCUT2D eigenvalue weighted by atomic mass is 9.66. The lowest BCUT2D eigenvalue weighted by Crippen LogP contribution is -2.42. The zero-order chi connectivity index (χ0) is 19.8. The van der Waals surface area contributed by atoms with Crippen LogP contribution in [0.2, 0.25) is 0 Å². The summed E-state index contributed by atoms with van der Waals surface area (Å²) in [7, 11) is 0. The van der Waals surface area contributed by atoms with Gasteiger partial charge in [-0.1, -0.05) is 31.2 Å². The summed E-state index contributed by atoms with van der Waals surface area (Å²) in [5.41, 5.74) is 4.12. The average molecular weight is 421 g/mol. The van der Waals surface area contributed by atoms with Gasteiger partial charge in [0.15, 0.2) is 0 Å². The molecule has 0 amide bonds. The first kappa shape index (κ1) is 20.4. The molecule has 2 aliphatic heterocycles. The summed E-state index contributed by atoms with van der Waals surface area (Å²) in [6, 6.07) is 9.92. The van der Waals surface area contributed by atoms with Gasteiger partial charge < -0.3 is 9.64 Å². The Kier molecular flexibility index (Phi) is 5.48. The van der Waals surface area contributed by atoms with E-state index in [2.05, 4.69) is 40.0 Å². The molecular formula is C24H25ClN4O. The molecule has 0 N–H and O–H groups in total. The minimum absolute atomic E-state index is 0. The number of aromatic nitrogens is 2. The van der Waals surface area contributed by atoms with Gasteiger partial charge in [-0.05, 0) is 43.5 Å². The van der Waals surface area contributed by atoms with Crippen molar-refractivity contribution >= 4 is 18.1 Å². The Balaban J connectivity index is 0.00000218. The number of para-hydroxylation sites is 1. The topological polar surface area (TPSA) is 50.6 Å². The zero-order valence-corrected chi connectivity index (χ0v) is 18.0. The zero-order valence-electron chi connectivity index (χ0n) is 17.2. The summed E-state index contributed by atoms with van der Waals surface area (Å²) in [6.45, 7) is 5.96. The molecule has 3 heterocycles. The quantitative estimate of drug-likeness (QED) is 0.708. The van der Waals surface area contributed by atoms with Crippen LogP contribution in [0.3, 0.4) is 0 Å². The molecule has 2 unspecified atom stereocenters. The number of allylic oxidation sites excluding steroid dienone is 5. The fourth-order valence-electron chi connectivity index (χ4n) is 4.61. The Labute approximate surface area is 183 Å². The van der Waals surface area contributed by atoms with E-state index in [0.717, 1.165) is 48.1 Å². The van der Waals surface area contributed by atoms with Gasteiger partial charge in [0.05, 0.1) is 35.3 Å². The maximum Gasteiger partial charge on any atom is 0.149 e. The minimum atomic E-state index is -0.147. The molecule has 30 heavy (non-hydrogen) atoms. The van der Waals surface area contributed by atoms with Crippen LogP contribution in [0.15, 0.2) is 83.6 Å². The van der Waals surface area contributed by atoms with Crippen LogP contribution >= 0.6 is 12.4 Å². The van der Waals surface area contributed by atoms with Crippen LogP contribution in [0.5, 0.6) is 5.75 Å². The molecule has 1 spiro atoms. The predicted molar refractivity (Wildman–Crippen MR) is 120 cm³/mol. The van der Waals surface area contributed by atoms with Crippen LogP contribution in [0.25, 0.3) is 0 Å². The molecule has 1 aromatic carbocycles. The van der Waals surface area contributed by atoms with Gasteiger partial charge in [-0.3, -0.25) is 15.0 Å². The van der Waals surface area contributed by atoms with Crippen LogP contribution in [-0.2, 0) is 6.54 Å². The third-order valence-corrected chi connectivity index (χ3v) is 6.14. The fraction of sp³-hybridized carbons (Fsp3) is 0.292. The van der Waals surface area contributed by atoms with Crippen molar-refractivity contribution in [3.8, 4) is 5.75 Å². The number of hydrogen-bond donors (Lipinski definition) is 0. The average Bonchev–Trinajstić information content (AvgIpc) is 3.10. The summed E-state index contributed by atoms with van der Waals surface area (Å²) in [4.78, 5) is 16.2. The molecule has 154 valence electrons. The van der Waals surface area contributed by atoms with Gasteiger partial charge in [0.2, 0.25) is 0 Å². The van der Waals surface area contributed by atoms with Crippen LogP contribution in [0, 0.1) is 18.3 Å². The largest absolute Gasteiger partial charge is 0.455 e. The van der Waals surface area contributed by atoms with Crippen LogP contribution in [0.4, 0.5) is 0 Å². The van der Waals surface area contributed by atoms with E-state index in [1.807, 2.05) is 55.8 Å². The molecule has 2 aromatic rings. The highest BCUT2D eigenvalue weighted by Gasteiger charge is 2.53. The standard InChI is InChI=1S/C24H24N4O.ClH/c1-17-10-12-25-23-21(29-20-6-4-3-5-7-20)8-9-22-24(17,23)11-13-28(22)16-19-15-26-18(2)14-27-19;/h3-10,12,14-15,17H,11,13,16H2,1-2H3;1H. The molecule has 1 saturated heterocycles. The molecule has 6 heteroatoms. The van der Waals surface area contributed by atoms with Crippen LogP contribution in [0.1, 0.15) is 24.7 Å². The smallest absolute Gasteiger partial charge is 0.149 e. The highest BCUT2D eigenvalue weighted by molar-refractivity contribution is 6.08. The SMILES string of the molecule is Cc1cnc(CN2CCC34C2=CC=C(Oc2ccccc2)C3=NC=CC4C)cn1.Cl. The van der Waals surface area contributed by atoms with Crippen molar-refractivity contribution in [2.75, 3.05) is 6.54 Å². The number of aryl methyl sites for hydroxylation is 1. The van der Waals surface area contributed by atoms with Gasteiger partial charge in [-0.2, -0.15) is 0 Å². The van der Waals surface area contributed by atoms with E-state index in [-0.39, 0.29) is 17.8 Å². The second-order valence-corrected chi connectivity index (χ2v) is 7.90. The highest BCUT2D eigenvalue weighted by atomic mass is 35.5. The molecule has 1 fully saturated rings. The first-order valence-corrected chi connectivity index (χ1v) is 10.1. The molecule has 0 radical (unpaired) electrons. The molecular weight excluding hydrogens is 396 g/mol. The molecule has 2 atom stereocenters. The number of nitrogens with zero attached hydrogens (tertiary/aromatic N) is 4. The molecule has 1 aliphatic carbocycles. The van der Waals surface area contributed by atoms with E-state index >= 15 is 0 Å². The summed E-state index contributed by atoms with van der Waals surface area (Å²) < 4.78 is 6.25. The van der Waals surface area contributed by atoms with Gasteiger partial charge in [-0.25, -0.2) is 0 Å². The minimum Gasteiger partial charge on any atom is -0.455 e. The lowest BCUT2D eigenvalue weighted by Gasteiger charge is -2.41. The Morgan fingerprint density at radius 2 is 1.97 bits per heavy atom. The van der Waals surface area contributed by atoms with E-state index in [1.54, 1.807) is 0 Å². The van der Waals surface area contributed by atoms with Crippen molar-refractivity contribution in [2.24, 2.45) is 16.3 Å². The first-order valence-electron chi connectivity index (χ1n) is 10.1. The molecule has 3 aliphatic rings. The van der Waals surface area contributed by atoms with Gasteiger partial charge in [0.25, 0.3) is 0 Å². The van der Waals surface area contributed by atoms with E-state index in [0.29, 0.717) is 5.92 Å². The molecule has 5 nitrogen and oxygen atoms in total. The Morgan fingerprint density at radius 3 is 2.73 bits per heavy atom. The Hall–Kier alpha value is -2.92. The van der Waals surface area contributed by atoms with Crippen molar-refractivity contribution in [1.29, 1.82) is 0 Å². The maximum atomic E-state index is 6.25. The third-order valence-electron chi connectivity index (χ3n) is 6.14. The van der Waals surface area contributed by atoms with Gasteiger partial charge >= 0.3 is 0 Å². The Bertz CT molecular complexity index is 1040. The number of hydrogen-bond acceptors (Lipinski definition) is 5. The number of benzene rings is 1. The van der Waals surface area contributed by atoms with Gasteiger partial charge in [0, 0.05) is 24.6 Å². The van der Waals surface area contributed by atoms with Crippen molar-refractivity contribution in [2.45, 2.75) is 26.8 Å². The maximum absolute atomic E-state index is 6.25. The van der Waals surface area contributed by atoms with E-state index in [1.165, 1.54) is 5.70 Å². The number of halogens is 1. The Morgan fingerprint density at radius 1 is 1.13 bits per heavy atom. The number of rotatable bonds is 4. The number of likely N-dealkylation sites (tertiary alicyclic amines) is 1. The van der Waals surface area contributed by atoms with E-state index < -0.39 is 0 Å². The van der Waals surface area contributed by atoms with E-state index in [9.17, 15) is 0 Å². The van der Waals surface area contributed by atoms with Crippen molar-refractivity contribution in [3.05, 3.63) is 90.0 Å². The predicted octanol–water partition coefficient (Wildman–Crippen LogP) is 4.86. The molecule has 1 aromatic heterocycles. The first-order chi connectivity index (χ1) is 14.2. The highest BCUT2D eigenvalue weighted by Crippen LogP contribution is 2.53. The normalized spacial score (nSPS) is 24.1. The van der Waals surface area contributed by atoms with Crippen LogP contribution < -0.4 is 4.74 Å². The summed E-state index contributed by atoms with van der Waals surface area (Å²) in [5.74, 6) is 2.02. The molecule has 0 saturated carbocycles. The lowest BCUT2D eigenvalue weighted by molar-refractivity contribution is 0.335. The summed E-state index contributed by atoms with van der Waals surface area (Å²) in [6.07, 6.45) is 13.1. The number of ether oxygens (including phenoxy) is 1. The third kappa shape index (κ3) is 3.33.